The first-order chi connectivity index (χ1) is 5.77. The van der Waals surface area contributed by atoms with Crippen LogP contribution in [0.1, 0.15) is 37.1 Å². The first-order valence-corrected chi connectivity index (χ1v) is 4.72. The van der Waals surface area contributed by atoms with Crippen LogP contribution in [0.5, 0.6) is 0 Å². The van der Waals surface area contributed by atoms with Gasteiger partial charge in [0, 0.05) is 11.9 Å². The summed E-state index contributed by atoms with van der Waals surface area (Å²) in [5.41, 5.74) is 3.95. The summed E-state index contributed by atoms with van der Waals surface area (Å²) >= 11 is 0. The molecule has 0 aliphatic rings. The van der Waals surface area contributed by atoms with Gasteiger partial charge in [-0.1, -0.05) is 26.3 Å². The molecule has 0 saturated heterocycles. The summed E-state index contributed by atoms with van der Waals surface area (Å²) in [6.07, 6.45) is 5.43. The van der Waals surface area contributed by atoms with Crippen LogP contribution in [-0.2, 0) is 12.8 Å². The summed E-state index contributed by atoms with van der Waals surface area (Å²) in [5, 5.41) is 0. The number of pyridine rings is 1. The number of hydrogen-bond acceptors (Lipinski definition) is 1. The van der Waals surface area contributed by atoms with Crippen LogP contribution >= 0.6 is 0 Å². The van der Waals surface area contributed by atoms with Crippen molar-refractivity contribution in [3.05, 3.63) is 29.1 Å². The van der Waals surface area contributed by atoms with E-state index in [0.29, 0.717) is 0 Å². The van der Waals surface area contributed by atoms with Crippen molar-refractivity contribution >= 4 is 0 Å². The van der Waals surface area contributed by atoms with Crippen molar-refractivity contribution in [3.8, 4) is 0 Å². The fourth-order valence-corrected chi connectivity index (χ4v) is 1.34. The zero-order chi connectivity index (χ0) is 8.97. The van der Waals surface area contributed by atoms with E-state index in [1.807, 2.05) is 6.20 Å². The number of aromatic nitrogens is 1. The minimum absolute atomic E-state index is 1.09. The van der Waals surface area contributed by atoms with Crippen LogP contribution in [0.4, 0.5) is 0 Å². The van der Waals surface area contributed by atoms with Gasteiger partial charge < -0.3 is 0 Å². The quantitative estimate of drug-likeness (QED) is 0.667. The first kappa shape index (κ1) is 9.24. The van der Waals surface area contributed by atoms with Gasteiger partial charge in [-0.25, -0.2) is 0 Å². The molecule has 0 aliphatic carbocycles. The Labute approximate surface area is 74.8 Å². The molecule has 0 bridgehead atoms. The molecule has 1 aromatic heterocycles. The highest BCUT2D eigenvalue weighted by Crippen LogP contribution is 2.10. The Balaban J connectivity index is 2.91. The van der Waals surface area contributed by atoms with E-state index in [2.05, 4.69) is 31.8 Å². The van der Waals surface area contributed by atoms with Gasteiger partial charge in [0.1, 0.15) is 0 Å². The van der Waals surface area contributed by atoms with Gasteiger partial charge >= 0.3 is 0 Å². The van der Waals surface area contributed by atoms with Gasteiger partial charge in [-0.05, 0) is 30.9 Å². The lowest BCUT2D eigenvalue weighted by Gasteiger charge is -2.04. The Hall–Kier alpha value is -0.850. The fourth-order valence-electron chi connectivity index (χ4n) is 1.34. The van der Waals surface area contributed by atoms with E-state index in [9.17, 15) is 0 Å². The maximum Gasteiger partial charge on any atom is 0.0404 e. The van der Waals surface area contributed by atoms with Crippen LogP contribution < -0.4 is 0 Å². The average molecular weight is 163 g/mol. The highest BCUT2D eigenvalue weighted by molar-refractivity contribution is 5.24. The third kappa shape index (κ3) is 2.07. The minimum atomic E-state index is 1.09. The Bertz CT molecular complexity index is 253. The Morgan fingerprint density at radius 1 is 1.33 bits per heavy atom. The monoisotopic (exact) mass is 163 g/mol. The van der Waals surface area contributed by atoms with Gasteiger partial charge in [-0.2, -0.15) is 0 Å². The van der Waals surface area contributed by atoms with Crippen LogP contribution in [0, 0.1) is 6.92 Å². The molecule has 1 heterocycles. The molecule has 0 atom stereocenters. The number of rotatable bonds is 3. The lowest BCUT2D eigenvalue weighted by atomic mass is 10.1. The summed E-state index contributed by atoms with van der Waals surface area (Å²) in [6, 6.07) is 2.28. The van der Waals surface area contributed by atoms with E-state index in [1.54, 1.807) is 0 Å². The smallest absolute Gasteiger partial charge is 0.0404 e. The molecule has 1 aromatic rings. The van der Waals surface area contributed by atoms with Crippen molar-refractivity contribution in [1.82, 2.24) is 4.98 Å². The van der Waals surface area contributed by atoms with Crippen LogP contribution in [0.2, 0.25) is 0 Å². The number of nitrogens with zero attached hydrogens (tertiary/aromatic N) is 1. The molecule has 66 valence electrons. The molecule has 0 saturated carbocycles. The minimum Gasteiger partial charge on any atom is -0.261 e. The van der Waals surface area contributed by atoms with Gasteiger partial charge in [-0.15, -0.1) is 0 Å². The van der Waals surface area contributed by atoms with Crippen molar-refractivity contribution < 1.29 is 0 Å². The predicted molar refractivity (Wildman–Crippen MR) is 52.3 cm³/mol. The zero-order valence-corrected chi connectivity index (χ0v) is 8.22. The average Bonchev–Trinajstić information content (AvgIpc) is 2.09. The molecule has 1 heteroatoms. The summed E-state index contributed by atoms with van der Waals surface area (Å²) in [7, 11) is 0. The van der Waals surface area contributed by atoms with Gasteiger partial charge in [0.2, 0.25) is 0 Å². The molecular formula is C11H17N. The van der Waals surface area contributed by atoms with E-state index in [0.717, 1.165) is 12.8 Å². The largest absolute Gasteiger partial charge is 0.261 e. The van der Waals surface area contributed by atoms with Crippen molar-refractivity contribution in [2.75, 3.05) is 0 Å². The van der Waals surface area contributed by atoms with Crippen LogP contribution in [0.25, 0.3) is 0 Å². The molecule has 0 aromatic carbocycles. The second kappa shape index (κ2) is 4.24. The van der Waals surface area contributed by atoms with E-state index in [-0.39, 0.29) is 0 Å². The van der Waals surface area contributed by atoms with Crippen molar-refractivity contribution in [2.24, 2.45) is 0 Å². The second-order valence-electron chi connectivity index (χ2n) is 3.19. The molecule has 0 spiro atoms. The zero-order valence-electron chi connectivity index (χ0n) is 8.22. The SMILES string of the molecule is CCCc1cc(CC)cnc1C. The number of aryl methyl sites for hydroxylation is 3. The van der Waals surface area contributed by atoms with Gasteiger partial charge in [0.25, 0.3) is 0 Å². The van der Waals surface area contributed by atoms with E-state index >= 15 is 0 Å². The molecule has 1 rings (SSSR count). The van der Waals surface area contributed by atoms with Gasteiger partial charge in [0.05, 0.1) is 0 Å². The molecule has 0 radical (unpaired) electrons. The fraction of sp³-hybridized carbons (Fsp3) is 0.545. The predicted octanol–water partition coefficient (Wildman–Crippen LogP) is 2.90. The molecule has 0 amide bonds. The molecular weight excluding hydrogens is 146 g/mol. The number of hydrogen-bond donors (Lipinski definition) is 0. The maximum absolute atomic E-state index is 4.37. The van der Waals surface area contributed by atoms with Crippen LogP contribution in [-0.4, -0.2) is 4.98 Å². The third-order valence-electron chi connectivity index (χ3n) is 2.18. The highest BCUT2D eigenvalue weighted by Gasteiger charge is 1.98. The summed E-state index contributed by atoms with van der Waals surface area (Å²) in [6.45, 7) is 6.46. The topological polar surface area (TPSA) is 12.9 Å². The maximum atomic E-state index is 4.37. The normalized spacial score (nSPS) is 10.2. The molecule has 0 unspecified atom stereocenters. The van der Waals surface area contributed by atoms with E-state index in [4.69, 9.17) is 0 Å². The van der Waals surface area contributed by atoms with Gasteiger partial charge in [-0.3, -0.25) is 4.98 Å². The summed E-state index contributed by atoms with van der Waals surface area (Å²) in [5.74, 6) is 0. The summed E-state index contributed by atoms with van der Waals surface area (Å²) in [4.78, 5) is 4.37. The molecule has 0 N–H and O–H groups in total. The van der Waals surface area contributed by atoms with E-state index < -0.39 is 0 Å². The summed E-state index contributed by atoms with van der Waals surface area (Å²) < 4.78 is 0. The Kier molecular flexibility index (Phi) is 3.27. The van der Waals surface area contributed by atoms with Crippen LogP contribution in [0.3, 0.4) is 0 Å². The lowest BCUT2D eigenvalue weighted by Crippen LogP contribution is -1.94. The highest BCUT2D eigenvalue weighted by atomic mass is 14.7. The van der Waals surface area contributed by atoms with Crippen molar-refractivity contribution in [3.63, 3.8) is 0 Å². The van der Waals surface area contributed by atoms with E-state index in [1.165, 1.54) is 23.2 Å². The molecule has 12 heavy (non-hydrogen) atoms. The Morgan fingerprint density at radius 2 is 2.08 bits per heavy atom. The van der Waals surface area contributed by atoms with Crippen molar-refractivity contribution in [2.45, 2.75) is 40.0 Å². The molecule has 0 fully saturated rings. The Morgan fingerprint density at radius 3 is 2.67 bits per heavy atom. The first-order valence-electron chi connectivity index (χ1n) is 4.72. The van der Waals surface area contributed by atoms with Crippen LogP contribution in [0.15, 0.2) is 12.3 Å². The lowest BCUT2D eigenvalue weighted by molar-refractivity contribution is 0.890. The molecule has 1 nitrogen and oxygen atoms in total. The molecule has 0 aliphatic heterocycles. The standard InChI is InChI=1S/C11H17N/c1-4-6-11-7-10(5-2)8-12-9(11)3/h7-8H,4-6H2,1-3H3. The second-order valence-corrected chi connectivity index (χ2v) is 3.19. The van der Waals surface area contributed by atoms with Crippen molar-refractivity contribution in [1.29, 1.82) is 0 Å². The van der Waals surface area contributed by atoms with Gasteiger partial charge in [0.15, 0.2) is 0 Å². The third-order valence-corrected chi connectivity index (χ3v) is 2.18.